The van der Waals surface area contributed by atoms with Crippen LogP contribution in [0.2, 0.25) is 0 Å². The highest BCUT2D eigenvalue weighted by Gasteiger charge is 2.32. The quantitative estimate of drug-likeness (QED) is 0.183. The third-order valence-electron chi connectivity index (χ3n) is 8.15. The molecule has 3 aromatic rings. The number of amides is 2. The van der Waals surface area contributed by atoms with Crippen LogP contribution in [-0.4, -0.2) is 47.0 Å². The Bertz CT molecular complexity index is 1410. The second-order valence-corrected chi connectivity index (χ2v) is 11.3. The van der Waals surface area contributed by atoms with Crippen molar-refractivity contribution in [3.05, 3.63) is 132 Å². The fraction of sp³-hybridized carbons (Fsp3) is 0.324. The maximum atomic E-state index is 13.7. The van der Waals surface area contributed by atoms with Gasteiger partial charge in [-0.05, 0) is 47.9 Å². The minimum Gasteiger partial charge on any atom is -0.463 e. The molecule has 0 spiro atoms. The van der Waals surface area contributed by atoms with Crippen molar-refractivity contribution in [1.82, 2.24) is 10.2 Å². The van der Waals surface area contributed by atoms with Crippen molar-refractivity contribution in [1.29, 1.82) is 0 Å². The molecule has 7 nitrogen and oxygen atoms in total. The highest BCUT2D eigenvalue weighted by Crippen LogP contribution is 2.26. The number of rotatable bonds is 15. The van der Waals surface area contributed by atoms with E-state index in [1.807, 2.05) is 84.9 Å². The number of nitrogens with one attached hydrogen (secondary N) is 1. The SMILES string of the molecule is C=CCC(CC(=O)N1Cc2ccccc2CC1CO)C(=O)NC(COC(=O)C(CC=C)Cc1ccccc1)c1ccccc1. The monoisotopic (exact) mass is 594 g/mol. The molecule has 0 aromatic heterocycles. The van der Waals surface area contributed by atoms with E-state index in [0.717, 1.165) is 22.3 Å². The van der Waals surface area contributed by atoms with Gasteiger partial charge in [-0.25, -0.2) is 0 Å². The van der Waals surface area contributed by atoms with E-state index in [0.29, 0.717) is 32.2 Å². The van der Waals surface area contributed by atoms with Gasteiger partial charge in [0, 0.05) is 13.0 Å². The molecule has 0 saturated heterocycles. The first-order valence-electron chi connectivity index (χ1n) is 15.2. The Labute approximate surface area is 260 Å². The minimum absolute atomic E-state index is 0.0314. The van der Waals surface area contributed by atoms with Gasteiger partial charge in [0.15, 0.2) is 0 Å². The molecule has 4 rings (SSSR count). The zero-order valence-electron chi connectivity index (χ0n) is 25.1. The summed E-state index contributed by atoms with van der Waals surface area (Å²) < 4.78 is 5.80. The Kier molecular flexibility index (Phi) is 12.1. The molecule has 0 bridgehead atoms. The highest BCUT2D eigenvalue weighted by molar-refractivity contribution is 5.86. The number of fused-ring (bicyclic) bond motifs is 1. The molecule has 1 heterocycles. The predicted octanol–water partition coefficient (Wildman–Crippen LogP) is 5.35. The van der Waals surface area contributed by atoms with E-state index >= 15 is 0 Å². The lowest BCUT2D eigenvalue weighted by atomic mass is 9.92. The summed E-state index contributed by atoms with van der Waals surface area (Å²) in [4.78, 5) is 42.1. The van der Waals surface area contributed by atoms with E-state index in [1.165, 1.54) is 0 Å². The maximum Gasteiger partial charge on any atom is 0.309 e. The Morgan fingerprint density at radius 1 is 0.886 bits per heavy atom. The molecule has 1 aliphatic rings. The molecule has 2 amide bonds. The number of esters is 1. The molecule has 2 N–H and O–H groups in total. The van der Waals surface area contributed by atoms with Crippen molar-refractivity contribution in [2.24, 2.45) is 11.8 Å². The van der Waals surface area contributed by atoms with Crippen LogP contribution in [0.15, 0.2) is 110 Å². The Morgan fingerprint density at radius 3 is 2.16 bits per heavy atom. The van der Waals surface area contributed by atoms with Crippen LogP contribution in [0.3, 0.4) is 0 Å². The second-order valence-electron chi connectivity index (χ2n) is 11.3. The lowest BCUT2D eigenvalue weighted by Crippen LogP contribution is -2.47. The van der Waals surface area contributed by atoms with E-state index in [2.05, 4.69) is 18.5 Å². The summed E-state index contributed by atoms with van der Waals surface area (Å²) >= 11 is 0. The zero-order valence-corrected chi connectivity index (χ0v) is 25.1. The summed E-state index contributed by atoms with van der Waals surface area (Å²) in [5.74, 6) is -1.96. The Hall–Kier alpha value is -4.49. The third-order valence-corrected chi connectivity index (χ3v) is 8.15. The zero-order chi connectivity index (χ0) is 31.3. The van der Waals surface area contributed by atoms with Gasteiger partial charge >= 0.3 is 5.97 Å². The number of carbonyl (C=O) groups is 3. The van der Waals surface area contributed by atoms with Crippen LogP contribution in [0.5, 0.6) is 0 Å². The van der Waals surface area contributed by atoms with E-state index in [1.54, 1.807) is 17.1 Å². The first kappa shape index (κ1) is 32.4. The van der Waals surface area contributed by atoms with Crippen LogP contribution in [-0.2, 0) is 38.5 Å². The molecule has 4 unspecified atom stereocenters. The smallest absolute Gasteiger partial charge is 0.309 e. The molecule has 0 aliphatic carbocycles. The number of ether oxygens (including phenoxy) is 1. The van der Waals surface area contributed by atoms with Crippen LogP contribution in [0.4, 0.5) is 0 Å². The first-order chi connectivity index (χ1) is 21.4. The van der Waals surface area contributed by atoms with Crippen molar-refractivity contribution in [3.8, 4) is 0 Å². The molecule has 4 atom stereocenters. The summed E-state index contributed by atoms with van der Waals surface area (Å²) in [6.45, 7) is 7.79. The maximum absolute atomic E-state index is 13.7. The normalized spacial score (nSPS) is 16.1. The number of hydrogen-bond acceptors (Lipinski definition) is 5. The third kappa shape index (κ3) is 8.77. The first-order valence-corrected chi connectivity index (χ1v) is 15.2. The van der Waals surface area contributed by atoms with Crippen molar-refractivity contribution < 1.29 is 24.2 Å². The number of aliphatic hydroxyl groups excluding tert-OH is 1. The number of allylic oxidation sites excluding steroid dienone is 2. The molecule has 0 radical (unpaired) electrons. The number of carbonyl (C=O) groups excluding carboxylic acids is 3. The largest absolute Gasteiger partial charge is 0.463 e. The summed E-state index contributed by atoms with van der Waals surface area (Å²) in [7, 11) is 0. The van der Waals surface area contributed by atoms with Crippen LogP contribution >= 0.6 is 0 Å². The van der Waals surface area contributed by atoms with Gasteiger partial charge in [-0.3, -0.25) is 14.4 Å². The van der Waals surface area contributed by atoms with Crippen molar-refractivity contribution in [2.75, 3.05) is 13.2 Å². The lowest BCUT2D eigenvalue weighted by Gasteiger charge is -2.36. The molecular weight excluding hydrogens is 552 g/mol. The number of aliphatic hydroxyl groups is 1. The van der Waals surface area contributed by atoms with E-state index in [-0.39, 0.29) is 43.5 Å². The van der Waals surface area contributed by atoms with Crippen molar-refractivity contribution in [2.45, 2.75) is 50.7 Å². The fourth-order valence-electron chi connectivity index (χ4n) is 5.70. The standard InChI is InChI=1S/C37H42N2O5/c1-3-13-30(23-35(41)39-24-32-20-12-11-19-29(32)22-33(39)25-40)36(42)38-34(28-17-9-6-10-18-28)26-44-37(43)31(14-4-2)21-27-15-7-5-8-16-27/h3-12,15-20,30-31,33-34,40H,1-2,13-14,21-26H2,(H,38,42). The average Bonchev–Trinajstić information content (AvgIpc) is 3.06. The summed E-state index contributed by atoms with van der Waals surface area (Å²) in [6.07, 6.45) is 5.16. The summed E-state index contributed by atoms with van der Waals surface area (Å²) in [5.41, 5.74) is 3.98. The van der Waals surface area contributed by atoms with Crippen molar-refractivity contribution >= 4 is 17.8 Å². The number of hydrogen-bond donors (Lipinski definition) is 2. The molecule has 0 saturated carbocycles. The minimum atomic E-state index is -0.676. The molecular formula is C37H42N2O5. The van der Waals surface area contributed by atoms with Crippen LogP contribution in [0, 0.1) is 11.8 Å². The van der Waals surface area contributed by atoms with Gasteiger partial charge < -0.3 is 20.1 Å². The van der Waals surface area contributed by atoms with Gasteiger partial charge in [-0.2, -0.15) is 0 Å². The van der Waals surface area contributed by atoms with Gasteiger partial charge in [0.1, 0.15) is 6.61 Å². The van der Waals surface area contributed by atoms with Crippen LogP contribution < -0.4 is 5.32 Å². The van der Waals surface area contributed by atoms with Crippen molar-refractivity contribution in [3.63, 3.8) is 0 Å². The number of nitrogens with zero attached hydrogens (tertiary/aromatic N) is 1. The van der Waals surface area contributed by atoms with E-state index in [9.17, 15) is 19.5 Å². The predicted molar refractivity (Wildman–Crippen MR) is 171 cm³/mol. The Balaban J connectivity index is 1.45. The van der Waals surface area contributed by atoms with E-state index in [4.69, 9.17) is 4.74 Å². The van der Waals surface area contributed by atoms with E-state index < -0.39 is 17.9 Å². The lowest BCUT2D eigenvalue weighted by molar-refractivity contribution is -0.150. The fourth-order valence-corrected chi connectivity index (χ4v) is 5.70. The topological polar surface area (TPSA) is 95.9 Å². The Morgan fingerprint density at radius 2 is 1.50 bits per heavy atom. The van der Waals surface area contributed by atoms with Gasteiger partial charge in [0.05, 0.1) is 30.5 Å². The molecule has 3 aromatic carbocycles. The van der Waals surface area contributed by atoms with Crippen LogP contribution in [0.1, 0.15) is 47.6 Å². The van der Waals surface area contributed by atoms with Crippen LogP contribution in [0.25, 0.3) is 0 Å². The van der Waals surface area contributed by atoms with Gasteiger partial charge in [-0.15, -0.1) is 13.2 Å². The molecule has 44 heavy (non-hydrogen) atoms. The van der Waals surface area contributed by atoms with Gasteiger partial charge in [-0.1, -0.05) is 97.1 Å². The molecule has 1 aliphatic heterocycles. The van der Waals surface area contributed by atoms with Gasteiger partial charge in [0.25, 0.3) is 0 Å². The molecule has 0 fully saturated rings. The highest BCUT2D eigenvalue weighted by atomic mass is 16.5. The average molecular weight is 595 g/mol. The van der Waals surface area contributed by atoms with Gasteiger partial charge in [0.2, 0.25) is 11.8 Å². The summed E-state index contributed by atoms with van der Waals surface area (Å²) in [6, 6.07) is 26.0. The molecule has 7 heteroatoms. The molecule has 230 valence electrons. The number of benzene rings is 3. The second kappa shape index (κ2) is 16.4. The summed E-state index contributed by atoms with van der Waals surface area (Å²) in [5, 5.41) is 13.1.